The van der Waals surface area contributed by atoms with E-state index in [9.17, 15) is 4.79 Å². The zero-order chi connectivity index (χ0) is 14.8. The molecule has 0 aliphatic carbocycles. The van der Waals surface area contributed by atoms with Gasteiger partial charge in [-0.3, -0.25) is 4.79 Å². The molecule has 21 heavy (non-hydrogen) atoms. The molecule has 106 valence electrons. The highest BCUT2D eigenvalue weighted by Gasteiger charge is 2.18. The molecular formula is C16H13NO2S2. The monoisotopic (exact) mass is 315 g/mol. The largest absolute Gasteiger partial charge is 0.481 e. The molecular weight excluding hydrogens is 302 g/mol. The van der Waals surface area contributed by atoms with E-state index < -0.39 is 5.97 Å². The molecule has 0 spiro atoms. The number of carboxylic acids is 1. The number of aromatic nitrogens is 1. The summed E-state index contributed by atoms with van der Waals surface area (Å²) in [7, 11) is 0. The quantitative estimate of drug-likeness (QED) is 0.772. The van der Waals surface area contributed by atoms with E-state index in [2.05, 4.69) is 6.07 Å². The van der Waals surface area contributed by atoms with Crippen molar-refractivity contribution in [1.29, 1.82) is 0 Å². The number of aryl methyl sites for hydroxylation is 1. The van der Waals surface area contributed by atoms with E-state index in [-0.39, 0.29) is 6.42 Å². The maximum absolute atomic E-state index is 11.1. The van der Waals surface area contributed by atoms with Gasteiger partial charge in [0, 0.05) is 10.4 Å². The third-order valence-electron chi connectivity index (χ3n) is 3.11. The summed E-state index contributed by atoms with van der Waals surface area (Å²) < 4.78 is 0. The number of hydrogen-bond donors (Lipinski definition) is 1. The summed E-state index contributed by atoms with van der Waals surface area (Å²) in [6, 6.07) is 11.8. The van der Waals surface area contributed by atoms with Crippen molar-refractivity contribution in [3.8, 4) is 21.1 Å². The Morgan fingerprint density at radius 1 is 1.24 bits per heavy atom. The number of nitrogens with zero attached hydrogens (tertiary/aromatic N) is 1. The van der Waals surface area contributed by atoms with E-state index >= 15 is 0 Å². The fraction of sp³-hybridized carbons (Fsp3) is 0.125. The molecule has 3 nitrogen and oxygen atoms in total. The van der Waals surface area contributed by atoms with E-state index in [0.29, 0.717) is 0 Å². The topological polar surface area (TPSA) is 50.2 Å². The zero-order valence-electron chi connectivity index (χ0n) is 11.4. The van der Waals surface area contributed by atoms with Crippen molar-refractivity contribution in [2.75, 3.05) is 0 Å². The molecule has 0 radical (unpaired) electrons. The average Bonchev–Trinajstić information content (AvgIpc) is 3.05. The lowest BCUT2D eigenvalue weighted by atomic mass is 10.1. The molecule has 0 unspecified atom stereocenters. The predicted octanol–water partition coefficient (Wildman–Crippen LogP) is 4.47. The van der Waals surface area contributed by atoms with E-state index in [4.69, 9.17) is 10.1 Å². The number of aliphatic carboxylic acids is 1. The summed E-state index contributed by atoms with van der Waals surface area (Å²) in [5.41, 5.74) is 2.92. The van der Waals surface area contributed by atoms with E-state index in [1.165, 1.54) is 16.9 Å². The fourth-order valence-electron chi connectivity index (χ4n) is 2.12. The minimum absolute atomic E-state index is 0.00627. The normalized spacial score (nSPS) is 10.7. The molecule has 1 N–H and O–H groups in total. The number of benzene rings is 1. The van der Waals surface area contributed by atoms with Crippen molar-refractivity contribution < 1.29 is 9.90 Å². The van der Waals surface area contributed by atoms with Crippen LogP contribution < -0.4 is 0 Å². The van der Waals surface area contributed by atoms with Gasteiger partial charge >= 0.3 is 5.97 Å². The average molecular weight is 315 g/mol. The standard InChI is InChI=1S/C16H13NO2S2/c1-10-7-8-20-15(10)16-17-14(11-5-3-2-4-6-11)12(21-16)9-13(18)19/h2-8H,9H2,1H3,(H,18,19). The van der Waals surface area contributed by atoms with Crippen molar-refractivity contribution in [3.63, 3.8) is 0 Å². The summed E-state index contributed by atoms with van der Waals surface area (Å²) >= 11 is 3.11. The van der Waals surface area contributed by atoms with Crippen molar-refractivity contribution in [1.82, 2.24) is 4.98 Å². The minimum atomic E-state index is -0.828. The van der Waals surface area contributed by atoms with Crippen LogP contribution >= 0.6 is 22.7 Å². The SMILES string of the molecule is Cc1ccsc1-c1nc(-c2ccccc2)c(CC(=O)O)s1. The number of thiazole rings is 1. The van der Waals surface area contributed by atoms with Gasteiger partial charge in [-0.05, 0) is 23.9 Å². The first-order valence-electron chi connectivity index (χ1n) is 6.46. The van der Waals surface area contributed by atoms with Gasteiger partial charge in [0.25, 0.3) is 0 Å². The fourth-order valence-corrected chi connectivity index (χ4v) is 4.28. The number of carbonyl (C=O) groups is 1. The molecule has 2 heterocycles. The lowest BCUT2D eigenvalue weighted by Crippen LogP contribution is -1.99. The number of thiophene rings is 1. The minimum Gasteiger partial charge on any atom is -0.481 e. The van der Waals surface area contributed by atoms with Crippen molar-refractivity contribution in [3.05, 3.63) is 52.2 Å². The molecule has 1 aromatic carbocycles. The van der Waals surface area contributed by atoms with Gasteiger partial charge < -0.3 is 5.11 Å². The Bertz CT molecular complexity index is 775. The van der Waals surface area contributed by atoms with Gasteiger partial charge in [0.1, 0.15) is 5.01 Å². The van der Waals surface area contributed by atoms with Crippen molar-refractivity contribution in [2.45, 2.75) is 13.3 Å². The molecule has 0 bridgehead atoms. The second kappa shape index (κ2) is 5.79. The highest BCUT2D eigenvalue weighted by atomic mass is 32.1. The van der Waals surface area contributed by atoms with Gasteiger partial charge in [0.15, 0.2) is 0 Å². The smallest absolute Gasteiger partial charge is 0.308 e. The van der Waals surface area contributed by atoms with Crippen LogP contribution in [0.3, 0.4) is 0 Å². The van der Waals surface area contributed by atoms with Gasteiger partial charge in [-0.1, -0.05) is 30.3 Å². The zero-order valence-corrected chi connectivity index (χ0v) is 13.0. The lowest BCUT2D eigenvalue weighted by Gasteiger charge is -1.99. The number of hydrogen-bond acceptors (Lipinski definition) is 4. The van der Waals surface area contributed by atoms with Crippen LogP contribution in [0, 0.1) is 6.92 Å². The second-order valence-electron chi connectivity index (χ2n) is 4.66. The van der Waals surface area contributed by atoms with Crippen LogP contribution in [0.1, 0.15) is 10.4 Å². The summed E-state index contributed by atoms with van der Waals surface area (Å²) in [4.78, 5) is 17.7. The van der Waals surface area contributed by atoms with Crippen LogP contribution in [-0.4, -0.2) is 16.1 Å². The molecule has 0 fully saturated rings. The van der Waals surface area contributed by atoms with Gasteiger partial charge in [0.2, 0.25) is 0 Å². The van der Waals surface area contributed by atoms with Crippen molar-refractivity contribution in [2.24, 2.45) is 0 Å². The first-order chi connectivity index (χ1) is 10.1. The second-order valence-corrected chi connectivity index (χ2v) is 6.66. The maximum atomic E-state index is 11.1. The molecule has 3 rings (SSSR count). The van der Waals surface area contributed by atoms with Crippen LogP contribution in [0.2, 0.25) is 0 Å². The van der Waals surface area contributed by atoms with Gasteiger partial charge in [-0.15, -0.1) is 22.7 Å². The third kappa shape index (κ3) is 2.89. The Kier molecular flexibility index (Phi) is 3.86. The van der Waals surface area contributed by atoms with Crippen LogP contribution in [-0.2, 0) is 11.2 Å². The maximum Gasteiger partial charge on any atom is 0.308 e. The first-order valence-corrected chi connectivity index (χ1v) is 8.16. The van der Waals surface area contributed by atoms with Crippen LogP contribution in [0.4, 0.5) is 0 Å². The summed E-state index contributed by atoms with van der Waals surface area (Å²) in [6.45, 7) is 2.05. The predicted molar refractivity (Wildman–Crippen MR) is 86.9 cm³/mol. The molecule has 0 amide bonds. The van der Waals surface area contributed by atoms with Crippen LogP contribution in [0.25, 0.3) is 21.1 Å². The van der Waals surface area contributed by atoms with E-state index in [0.717, 1.165) is 26.0 Å². The van der Waals surface area contributed by atoms with Gasteiger partial charge in [-0.25, -0.2) is 4.98 Å². The number of rotatable bonds is 4. The highest BCUT2D eigenvalue weighted by Crippen LogP contribution is 2.37. The molecule has 2 aromatic heterocycles. The first kappa shape index (κ1) is 14.0. The molecule has 0 aliphatic rings. The van der Waals surface area contributed by atoms with Gasteiger partial charge in [0.05, 0.1) is 17.0 Å². The van der Waals surface area contributed by atoms with E-state index in [1.807, 2.05) is 42.6 Å². The molecule has 0 saturated carbocycles. The Labute approximate surface area is 130 Å². The Hall–Kier alpha value is -1.98. The van der Waals surface area contributed by atoms with Gasteiger partial charge in [-0.2, -0.15) is 0 Å². The molecule has 0 aliphatic heterocycles. The Morgan fingerprint density at radius 3 is 2.62 bits per heavy atom. The van der Waals surface area contributed by atoms with Crippen LogP contribution in [0.5, 0.6) is 0 Å². The van der Waals surface area contributed by atoms with E-state index in [1.54, 1.807) is 11.3 Å². The highest BCUT2D eigenvalue weighted by molar-refractivity contribution is 7.21. The molecule has 0 saturated heterocycles. The van der Waals surface area contributed by atoms with Crippen LogP contribution in [0.15, 0.2) is 41.8 Å². The molecule has 0 atom stereocenters. The summed E-state index contributed by atoms with van der Waals surface area (Å²) in [5.74, 6) is -0.828. The molecule has 5 heteroatoms. The molecule has 3 aromatic rings. The summed E-state index contributed by atoms with van der Waals surface area (Å²) in [6.07, 6.45) is 0.00627. The lowest BCUT2D eigenvalue weighted by molar-refractivity contribution is -0.136. The van der Waals surface area contributed by atoms with Crippen molar-refractivity contribution >= 4 is 28.6 Å². The third-order valence-corrected chi connectivity index (χ3v) is 5.34. The number of carboxylic acid groups (broad SMARTS) is 1. The Morgan fingerprint density at radius 2 is 2.00 bits per heavy atom. The Balaban J connectivity index is 2.12. The summed E-state index contributed by atoms with van der Waals surface area (Å²) in [5, 5.41) is 12.0.